The summed E-state index contributed by atoms with van der Waals surface area (Å²) < 4.78 is 6.08. The average Bonchev–Trinajstić information content (AvgIpc) is 3.90. The van der Waals surface area contributed by atoms with Crippen LogP contribution < -0.4 is 16.0 Å². The van der Waals surface area contributed by atoms with Crippen LogP contribution in [0.4, 0.5) is 0 Å². The molecule has 2 fully saturated rings. The topological polar surface area (TPSA) is 256 Å². The maximum atomic E-state index is 15.3. The van der Waals surface area contributed by atoms with Gasteiger partial charge in [-0.25, -0.2) is 4.79 Å². The third-order valence-corrected chi connectivity index (χ3v) is 15.9. The van der Waals surface area contributed by atoms with E-state index >= 15 is 9.59 Å². The second-order valence-corrected chi connectivity index (χ2v) is 23.8. The van der Waals surface area contributed by atoms with E-state index in [1.54, 1.807) is 109 Å². The number of likely N-dealkylation sites (N-methyl/N-ethyl adjacent to an activating group) is 4. The fraction of sp³-hybridized carbons (Fsp3) is 0.650. The summed E-state index contributed by atoms with van der Waals surface area (Å²) in [6, 6.07) is 6.14. The van der Waals surface area contributed by atoms with Crippen molar-refractivity contribution in [2.24, 2.45) is 29.6 Å². The second-order valence-electron chi connectivity index (χ2n) is 23.8. The van der Waals surface area contributed by atoms with Gasteiger partial charge in [-0.1, -0.05) is 136 Å². The van der Waals surface area contributed by atoms with Crippen LogP contribution in [0, 0.1) is 29.6 Å². The first kappa shape index (κ1) is 66.1. The number of carbonyl (C=O) groups excluding carboxylic acids is 9. The number of hydrogen-bond acceptors (Lipinski definition) is 12. The summed E-state index contributed by atoms with van der Waals surface area (Å²) in [6.07, 6.45) is -1.96. The number of nitrogens with zero attached hydrogens (tertiary/aromatic N) is 5. The number of fused-ring (bicyclic) bond motifs is 1. The van der Waals surface area contributed by atoms with Gasteiger partial charge in [-0.3, -0.25) is 38.4 Å². The van der Waals surface area contributed by atoms with Crippen LogP contribution in [0.1, 0.15) is 132 Å². The Morgan fingerprint density at radius 1 is 0.600 bits per heavy atom. The molecule has 0 saturated carbocycles. The molecule has 2 saturated heterocycles. The van der Waals surface area contributed by atoms with Gasteiger partial charge in [0.05, 0.1) is 5.60 Å². The van der Waals surface area contributed by atoms with Gasteiger partial charge in [0.1, 0.15) is 48.4 Å². The Balaban J connectivity index is 2.00. The van der Waals surface area contributed by atoms with Crippen LogP contribution in [-0.2, 0) is 54.3 Å². The highest BCUT2D eigenvalue weighted by atomic mass is 16.6. The Morgan fingerprint density at radius 3 is 1.59 bits per heavy atom. The lowest BCUT2D eigenvalue weighted by atomic mass is 9.93. The summed E-state index contributed by atoms with van der Waals surface area (Å²) in [7, 11) is 5.45. The first-order valence-corrected chi connectivity index (χ1v) is 28.4. The fourth-order valence-electron chi connectivity index (χ4n) is 11.0. The van der Waals surface area contributed by atoms with Gasteiger partial charge < -0.3 is 55.4 Å². The van der Waals surface area contributed by atoms with E-state index in [-0.39, 0.29) is 37.3 Å². The number of hydrogen-bond donors (Lipinski definition) is 5. The SMILES string of the molecule is CC[C@@H](C)[C@@H]1NC(=O)[C@@H]2CCCN2C(=O)C([C@@H](O)c2ccccc2)N(C)C(=O)[C@H](Cc2ccccc2)NC(=O)[C@H](C(C)C)N(C)C(=O)[C@@H]([C@H](C)CC)OC(=O)[C@H](C(C)(C)O)N(C)C(=O)[C@H](CC(C)C)NC(=O)[C@@H](C(C)C)N(C)C1=O. The van der Waals surface area contributed by atoms with E-state index in [1.165, 1.54) is 51.8 Å². The standard InChI is InChI=1S/C60H92N8O12/c1-17-37(9)44-56(75)64(13)45(35(5)6)52(71)61-41(32-34(3)4)55(74)67(16)50(60(11,12)79)59(78)80-49(38(10)18-2)58(77)65(14)46(36(7)8)53(72)62-42(33-39-26-21-19-22-27-39)54(73)66(15)47(48(69)40-28-23-20-24-29-40)57(76)68-31-25-30-43(68)51(70)63-44/h19-24,26-29,34-38,41-50,69,79H,17-18,25,30-33H2,1-16H3,(H,61,71)(H,62,72)(H,63,70)/t37-,38-,41+,42+,43+,44+,45-,46+,47?,48+,49-,50-/m1/s1. The summed E-state index contributed by atoms with van der Waals surface area (Å²) in [6.45, 7) is 20.3. The van der Waals surface area contributed by atoms with Gasteiger partial charge in [-0.2, -0.15) is 0 Å². The zero-order chi connectivity index (χ0) is 60.2. The third-order valence-electron chi connectivity index (χ3n) is 15.9. The molecule has 5 N–H and O–H groups in total. The molecule has 2 aliphatic heterocycles. The number of benzene rings is 2. The number of nitrogens with one attached hydrogen (secondary N) is 3. The van der Waals surface area contributed by atoms with E-state index in [0.29, 0.717) is 24.8 Å². The summed E-state index contributed by atoms with van der Waals surface area (Å²) in [4.78, 5) is 140. The lowest BCUT2D eigenvalue weighted by Gasteiger charge is -2.39. The summed E-state index contributed by atoms with van der Waals surface area (Å²) in [5.74, 6) is -9.51. The van der Waals surface area contributed by atoms with Crippen molar-refractivity contribution in [2.75, 3.05) is 34.7 Å². The zero-order valence-electron chi connectivity index (χ0n) is 50.1. The van der Waals surface area contributed by atoms with E-state index < -0.39 is 143 Å². The van der Waals surface area contributed by atoms with Gasteiger partial charge in [0.25, 0.3) is 5.91 Å². The van der Waals surface area contributed by atoms with E-state index in [9.17, 15) is 43.8 Å². The Labute approximate surface area is 474 Å². The van der Waals surface area contributed by atoms with E-state index in [2.05, 4.69) is 16.0 Å². The van der Waals surface area contributed by atoms with E-state index in [0.717, 1.165) is 14.7 Å². The van der Waals surface area contributed by atoms with Crippen molar-refractivity contribution in [3.8, 4) is 0 Å². The molecule has 2 aliphatic rings. The highest BCUT2D eigenvalue weighted by Gasteiger charge is 2.49. The van der Waals surface area contributed by atoms with Crippen LogP contribution >= 0.6 is 0 Å². The molecule has 0 aliphatic carbocycles. The number of aliphatic hydroxyl groups excluding tert-OH is 1. The maximum Gasteiger partial charge on any atom is 0.332 e. The number of rotatable bonds is 13. The molecule has 80 heavy (non-hydrogen) atoms. The van der Waals surface area contributed by atoms with Crippen LogP contribution in [-0.4, -0.2) is 183 Å². The van der Waals surface area contributed by atoms with Crippen molar-refractivity contribution in [3.05, 3.63) is 71.8 Å². The van der Waals surface area contributed by atoms with Gasteiger partial charge in [-0.15, -0.1) is 0 Å². The molecule has 20 heteroatoms. The number of ether oxygens (including phenoxy) is 1. The van der Waals surface area contributed by atoms with Crippen LogP contribution in [0.5, 0.6) is 0 Å². The Kier molecular flexibility index (Phi) is 23.8. The van der Waals surface area contributed by atoms with Crippen molar-refractivity contribution in [3.63, 3.8) is 0 Å². The van der Waals surface area contributed by atoms with Gasteiger partial charge >= 0.3 is 5.97 Å². The molecular formula is C60H92N8O12. The lowest BCUT2D eigenvalue weighted by Crippen LogP contribution is -2.63. The van der Waals surface area contributed by atoms with Crippen LogP contribution in [0.15, 0.2) is 60.7 Å². The quantitative estimate of drug-likeness (QED) is 0.179. The van der Waals surface area contributed by atoms with E-state index in [4.69, 9.17) is 4.74 Å². The summed E-state index contributed by atoms with van der Waals surface area (Å²) >= 11 is 0. The second kappa shape index (κ2) is 28.8. The van der Waals surface area contributed by atoms with Crippen LogP contribution in [0.25, 0.3) is 0 Å². The summed E-state index contributed by atoms with van der Waals surface area (Å²) in [5.41, 5.74) is -1.07. The minimum atomic E-state index is -1.99. The highest BCUT2D eigenvalue weighted by molar-refractivity contribution is 5.99. The molecule has 1 unspecified atom stereocenters. The molecule has 444 valence electrons. The van der Waals surface area contributed by atoms with Crippen LogP contribution in [0.2, 0.25) is 0 Å². The Morgan fingerprint density at radius 2 is 1.09 bits per heavy atom. The first-order valence-electron chi connectivity index (χ1n) is 28.4. The molecule has 2 heterocycles. The normalized spacial score (nSPS) is 26.7. The number of esters is 1. The lowest BCUT2D eigenvalue weighted by molar-refractivity contribution is -0.177. The molecule has 0 bridgehead atoms. The highest BCUT2D eigenvalue weighted by Crippen LogP contribution is 2.30. The van der Waals surface area contributed by atoms with Gasteiger partial charge in [-0.05, 0) is 74.3 Å². The predicted octanol–water partition coefficient (Wildman–Crippen LogP) is 3.86. The van der Waals surface area contributed by atoms with Gasteiger partial charge in [0, 0.05) is 47.1 Å². The molecule has 0 spiro atoms. The molecule has 20 nitrogen and oxygen atoms in total. The van der Waals surface area contributed by atoms with Crippen molar-refractivity contribution in [2.45, 2.75) is 188 Å². The molecule has 8 amide bonds. The first-order chi connectivity index (χ1) is 37.4. The number of cyclic esters (lactones) is 1. The molecule has 2 aromatic rings. The molecular weight excluding hydrogens is 1020 g/mol. The monoisotopic (exact) mass is 1120 g/mol. The van der Waals surface area contributed by atoms with Crippen molar-refractivity contribution < 1.29 is 58.1 Å². The maximum absolute atomic E-state index is 15.3. The Hall–Kier alpha value is -6.41. The molecule has 4 rings (SSSR count). The average molecular weight is 1120 g/mol. The van der Waals surface area contributed by atoms with Gasteiger partial charge in [0.2, 0.25) is 41.4 Å². The molecule has 12 atom stereocenters. The fourth-order valence-corrected chi connectivity index (χ4v) is 11.0. The predicted molar refractivity (Wildman–Crippen MR) is 303 cm³/mol. The minimum Gasteiger partial charge on any atom is -0.450 e. The molecule has 0 radical (unpaired) electrons. The largest absolute Gasteiger partial charge is 0.450 e. The van der Waals surface area contributed by atoms with Crippen molar-refractivity contribution in [1.82, 2.24) is 40.4 Å². The Bertz CT molecular complexity index is 2470. The molecule has 0 aromatic heterocycles. The number of aliphatic hydroxyl groups is 2. The van der Waals surface area contributed by atoms with Crippen molar-refractivity contribution in [1.29, 1.82) is 0 Å². The minimum absolute atomic E-state index is 0.0595. The smallest absolute Gasteiger partial charge is 0.332 e. The van der Waals surface area contributed by atoms with Crippen molar-refractivity contribution >= 4 is 53.2 Å². The number of amides is 8. The third kappa shape index (κ3) is 15.9. The van der Waals surface area contributed by atoms with Gasteiger partial charge in [0.15, 0.2) is 12.1 Å². The molecule has 2 aromatic carbocycles. The summed E-state index contributed by atoms with van der Waals surface area (Å²) in [5, 5.41) is 32.6. The number of carbonyl (C=O) groups is 9. The van der Waals surface area contributed by atoms with E-state index in [1.807, 2.05) is 20.8 Å². The van der Waals surface area contributed by atoms with Crippen LogP contribution in [0.3, 0.4) is 0 Å². The zero-order valence-corrected chi connectivity index (χ0v) is 50.1.